The Morgan fingerprint density at radius 1 is 1.25 bits per heavy atom. The molecular formula is C19H22ClNO2S. The molecule has 0 aliphatic carbocycles. The van der Waals surface area contributed by atoms with E-state index in [0.717, 1.165) is 17.4 Å². The maximum Gasteiger partial charge on any atom is 0.306 e. The highest BCUT2D eigenvalue weighted by atomic mass is 35.5. The van der Waals surface area contributed by atoms with Crippen LogP contribution in [0.25, 0.3) is 0 Å². The largest absolute Gasteiger partial charge is 0.481 e. The van der Waals surface area contributed by atoms with Crippen molar-refractivity contribution in [1.29, 1.82) is 0 Å². The van der Waals surface area contributed by atoms with Crippen molar-refractivity contribution in [2.45, 2.75) is 32.7 Å². The number of hydrogen-bond acceptors (Lipinski definition) is 3. The second kappa shape index (κ2) is 7.26. The molecule has 0 saturated carbocycles. The molecule has 2 heterocycles. The number of benzene rings is 1. The van der Waals surface area contributed by atoms with Crippen LogP contribution in [0.5, 0.6) is 0 Å². The van der Waals surface area contributed by atoms with Gasteiger partial charge in [-0.15, -0.1) is 11.3 Å². The van der Waals surface area contributed by atoms with Crippen molar-refractivity contribution in [3.8, 4) is 0 Å². The van der Waals surface area contributed by atoms with Crippen LogP contribution in [0, 0.1) is 19.8 Å². The van der Waals surface area contributed by atoms with Gasteiger partial charge >= 0.3 is 5.97 Å². The maximum atomic E-state index is 11.2. The molecule has 1 atom stereocenters. The smallest absolute Gasteiger partial charge is 0.306 e. The lowest BCUT2D eigenvalue weighted by molar-refractivity contribution is -0.143. The van der Waals surface area contributed by atoms with Crippen LogP contribution in [0.4, 0.5) is 0 Å². The molecule has 1 N–H and O–H groups in total. The van der Waals surface area contributed by atoms with E-state index in [1.807, 2.05) is 6.07 Å². The Bertz CT molecular complexity index is 735. The number of halogens is 1. The second-order valence-corrected chi connectivity index (χ2v) is 8.30. The van der Waals surface area contributed by atoms with E-state index in [4.69, 9.17) is 11.6 Å². The van der Waals surface area contributed by atoms with Crippen molar-refractivity contribution in [1.82, 2.24) is 4.90 Å². The fourth-order valence-electron chi connectivity index (χ4n) is 3.46. The summed E-state index contributed by atoms with van der Waals surface area (Å²) >= 11 is 7.80. The summed E-state index contributed by atoms with van der Waals surface area (Å²) in [6, 6.07) is 10.7. The molecule has 1 fully saturated rings. The van der Waals surface area contributed by atoms with Gasteiger partial charge in [0.1, 0.15) is 0 Å². The van der Waals surface area contributed by atoms with Gasteiger partial charge in [0.2, 0.25) is 0 Å². The van der Waals surface area contributed by atoms with Gasteiger partial charge in [0, 0.05) is 4.88 Å². The summed E-state index contributed by atoms with van der Waals surface area (Å²) in [5.41, 5.74) is 3.79. The number of carbonyl (C=O) groups is 1. The zero-order chi connectivity index (χ0) is 17.3. The van der Waals surface area contributed by atoms with E-state index < -0.39 is 5.97 Å². The number of carboxylic acid groups (broad SMARTS) is 1. The van der Waals surface area contributed by atoms with Gasteiger partial charge in [-0.1, -0.05) is 35.4 Å². The van der Waals surface area contributed by atoms with Gasteiger partial charge in [-0.2, -0.15) is 0 Å². The number of carboxylic acids is 1. The van der Waals surface area contributed by atoms with E-state index in [1.54, 1.807) is 11.3 Å². The number of rotatable bonds is 4. The molecule has 1 saturated heterocycles. The van der Waals surface area contributed by atoms with Crippen LogP contribution in [0.1, 0.15) is 40.5 Å². The minimum Gasteiger partial charge on any atom is -0.481 e. The normalized spacial score (nSPS) is 17.8. The lowest BCUT2D eigenvalue weighted by atomic mass is 9.91. The van der Waals surface area contributed by atoms with Crippen molar-refractivity contribution in [2.75, 3.05) is 13.1 Å². The van der Waals surface area contributed by atoms with Crippen molar-refractivity contribution < 1.29 is 9.90 Å². The lowest BCUT2D eigenvalue weighted by Crippen LogP contribution is -2.39. The predicted octanol–water partition coefficient (Wildman–Crippen LogP) is 4.90. The van der Waals surface area contributed by atoms with Crippen LogP contribution in [-0.2, 0) is 4.79 Å². The quantitative estimate of drug-likeness (QED) is 0.839. The van der Waals surface area contributed by atoms with E-state index in [9.17, 15) is 9.90 Å². The first-order valence-electron chi connectivity index (χ1n) is 8.25. The Morgan fingerprint density at radius 2 is 1.96 bits per heavy atom. The van der Waals surface area contributed by atoms with Crippen LogP contribution < -0.4 is 0 Å². The Morgan fingerprint density at radius 3 is 2.54 bits per heavy atom. The third-order valence-corrected chi connectivity index (χ3v) is 6.12. The van der Waals surface area contributed by atoms with Gasteiger partial charge in [-0.25, -0.2) is 0 Å². The summed E-state index contributed by atoms with van der Waals surface area (Å²) < 4.78 is 0.792. The minimum absolute atomic E-state index is 0.150. The molecule has 1 aromatic heterocycles. The first kappa shape index (κ1) is 17.5. The number of aliphatic carboxylic acids is 1. The Labute approximate surface area is 151 Å². The Kier molecular flexibility index (Phi) is 5.28. The molecule has 1 aromatic carbocycles. The molecule has 0 bridgehead atoms. The highest BCUT2D eigenvalue weighted by Gasteiger charge is 2.31. The number of piperidine rings is 1. The van der Waals surface area contributed by atoms with Crippen molar-refractivity contribution in [3.63, 3.8) is 0 Å². The number of likely N-dealkylation sites (tertiary alicyclic amines) is 1. The highest BCUT2D eigenvalue weighted by molar-refractivity contribution is 7.16. The first-order chi connectivity index (χ1) is 11.5. The molecule has 0 amide bonds. The summed E-state index contributed by atoms with van der Waals surface area (Å²) in [5, 5.41) is 9.25. The average Bonchev–Trinajstić information content (AvgIpc) is 2.97. The van der Waals surface area contributed by atoms with E-state index in [-0.39, 0.29) is 12.0 Å². The number of hydrogen-bond donors (Lipinski definition) is 1. The molecule has 2 aromatic rings. The summed E-state index contributed by atoms with van der Waals surface area (Å²) in [4.78, 5) is 14.9. The van der Waals surface area contributed by atoms with E-state index in [1.165, 1.54) is 21.6 Å². The fraction of sp³-hybridized carbons (Fsp3) is 0.421. The van der Waals surface area contributed by atoms with E-state index >= 15 is 0 Å². The first-order valence-corrected chi connectivity index (χ1v) is 9.44. The highest BCUT2D eigenvalue weighted by Crippen LogP contribution is 2.38. The van der Waals surface area contributed by atoms with Crippen molar-refractivity contribution in [3.05, 3.63) is 56.2 Å². The molecule has 1 unspecified atom stereocenters. The fourth-order valence-corrected chi connectivity index (χ4v) is 4.68. The van der Waals surface area contributed by atoms with E-state index in [0.29, 0.717) is 12.8 Å². The molecule has 0 spiro atoms. The molecule has 1 aliphatic rings. The molecule has 24 heavy (non-hydrogen) atoms. The van der Waals surface area contributed by atoms with Gasteiger partial charge in [0.15, 0.2) is 0 Å². The van der Waals surface area contributed by atoms with Gasteiger partial charge in [0.25, 0.3) is 0 Å². The van der Waals surface area contributed by atoms with Gasteiger partial charge in [-0.3, -0.25) is 9.69 Å². The molecule has 128 valence electrons. The summed E-state index contributed by atoms with van der Waals surface area (Å²) in [5.74, 6) is -0.885. The van der Waals surface area contributed by atoms with Gasteiger partial charge in [-0.05, 0) is 63.0 Å². The Balaban J connectivity index is 1.95. The average molecular weight is 364 g/mol. The zero-order valence-corrected chi connectivity index (χ0v) is 15.5. The van der Waals surface area contributed by atoms with Crippen LogP contribution in [0.2, 0.25) is 4.34 Å². The lowest BCUT2D eigenvalue weighted by Gasteiger charge is -2.37. The SMILES string of the molecule is Cc1ccc(C)c(C(c2ccc(Cl)s2)N2CCC(C(=O)O)CC2)c1. The van der Waals surface area contributed by atoms with Crippen LogP contribution in [0.3, 0.4) is 0 Å². The topological polar surface area (TPSA) is 40.5 Å². The molecule has 0 radical (unpaired) electrons. The number of thiophene rings is 1. The monoisotopic (exact) mass is 363 g/mol. The second-order valence-electron chi connectivity index (χ2n) is 6.55. The zero-order valence-electron chi connectivity index (χ0n) is 14.0. The van der Waals surface area contributed by atoms with Gasteiger partial charge < -0.3 is 5.11 Å². The molecule has 1 aliphatic heterocycles. The van der Waals surface area contributed by atoms with Crippen LogP contribution >= 0.6 is 22.9 Å². The number of aryl methyl sites for hydroxylation is 2. The third kappa shape index (κ3) is 3.66. The molecule has 3 rings (SSSR count). The van der Waals surface area contributed by atoms with Crippen molar-refractivity contribution >= 4 is 28.9 Å². The summed E-state index contributed by atoms with van der Waals surface area (Å²) in [7, 11) is 0. The third-order valence-electron chi connectivity index (χ3n) is 4.84. The molecule has 5 heteroatoms. The van der Waals surface area contributed by atoms with Gasteiger partial charge in [0.05, 0.1) is 16.3 Å². The minimum atomic E-state index is -0.669. The summed E-state index contributed by atoms with van der Waals surface area (Å²) in [6.45, 7) is 5.84. The molecule has 3 nitrogen and oxygen atoms in total. The van der Waals surface area contributed by atoms with Crippen LogP contribution in [0.15, 0.2) is 30.3 Å². The Hall–Kier alpha value is -1.36. The van der Waals surface area contributed by atoms with Crippen molar-refractivity contribution in [2.24, 2.45) is 5.92 Å². The predicted molar refractivity (Wildman–Crippen MR) is 99.0 cm³/mol. The molecular weight excluding hydrogens is 342 g/mol. The standard InChI is InChI=1S/C19H22ClNO2S/c1-12-3-4-13(2)15(11-12)18(16-5-6-17(20)24-16)21-9-7-14(8-10-21)19(22)23/h3-6,11,14,18H,7-10H2,1-2H3,(H,22,23). The summed E-state index contributed by atoms with van der Waals surface area (Å²) in [6.07, 6.45) is 1.41. The van der Waals surface area contributed by atoms with E-state index in [2.05, 4.69) is 43.0 Å². The number of nitrogens with zero attached hydrogens (tertiary/aromatic N) is 1. The maximum absolute atomic E-state index is 11.2. The van der Waals surface area contributed by atoms with Crippen LogP contribution in [-0.4, -0.2) is 29.1 Å².